The topological polar surface area (TPSA) is 45.4 Å². The van der Waals surface area contributed by atoms with E-state index in [4.69, 9.17) is 4.42 Å². The second kappa shape index (κ2) is 3.16. The van der Waals surface area contributed by atoms with Gasteiger partial charge in [-0.15, -0.1) is 0 Å². The van der Waals surface area contributed by atoms with Gasteiger partial charge >= 0.3 is 0 Å². The molecule has 2 heterocycles. The largest absolute Gasteiger partial charge is 0.469 e. The van der Waals surface area contributed by atoms with Gasteiger partial charge in [-0.05, 0) is 25.1 Å². The van der Waals surface area contributed by atoms with Gasteiger partial charge in [0.1, 0.15) is 5.76 Å². The number of aliphatic hydroxyl groups excluding tert-OH is 1. The van der Waals surface area contributed by atoms with E-state index in [1.54, 1.807) is 6.26 Å². The van der Waals surface area contributed by atoms with Crippen LogP contribution in [0.25, 0.3) is 0 Å². The Morgan fingerprint density at radius 1 is 1.77 bits per heavy atom. The first kappa shape index (κ1) is 8.78. The molecule has 2 rings (SSSR count). The second-order valence-electron chi connectivity index (χ2n) is 3.83. The molecular weight excluding hydrogens is 166 g/mol. The summed E-state index contributed by atoms with van der Waals surface area (Å²) in [6, 6.07) is 4.00. The van der Waals surface area contributed by atoms with Crippen molar-refractivity contribution >= 4 is 0 Å². The molecule has 13 heavy (non-hydrogen) atoms. The van der Waals surface area contributed by atoms with Crippen LogP contribution in [0.15, 0.2) is 22.8 Å². The average molecular weight is 181 g/mol. The molecule has 0 aliphatic carbocycles. The molecule has 3 heteroatoms. The minimum absolute atomic E-state index is 0.0434. The van der Waals surface area contributed by atoms with E-state index in [2.05, 4.69) is 12.2 Å². The van der Waals surface area contributed by atoms with Gasteiger partial charge < -0.3 is 14.8 Å². The van der Waals surface area contributed by atoms with Crippen LogP contribution >= 0.6 is 0 Å². The summed E-state index contributed by atoms with van der Waals surface area (Å²) in [5.74, 6) is 0.969. The Labute approximate surface area is 77.8 Å². The molecule has 0 spiro atoms. The lowest BCUT2D eigenvalue weighted by Gasteiger charge is -2.27. The molecule has 3 nitrogen and oxygen atoms in total. The summed E-state index contributed by atoms with van der Waals surface area (Å²) >= 11 is 0. The van der Waals surface area contributed by atoms with Crippen LogP contribution in [-0.2, 0) is 5.41 Å². The molecule has 0 aromatic carbocycles. The Morgan fingerprint density at radius 2 is 2.62 bits per heavy atom. The molecular formula is C10H15NO2. The quantitative estimate of drug-likeness (QED) is 0.712. The summed E-state index contributed by atoms with van der Waals surface area (Å²) in [5, 5.41) is 12.5. The SMILES string of the molecule is CC1(c2ccco2)CCNC1CO. The zero-order valence-corrected chi connectivity index (χ0v) is 7.79. The molecule has 1 aliphatic rings. The molecule has 1 aromatic rings. The summed E-state index contributed by atoms with van der Waals surface area (Å²) in [6.07, 6.45) is 2.71. The molecule has 72 valence electrons. The van der Waals surface area contributed by atoms with E-state index in [-0.39, 0.29) is 18.1 Å². The highest BCUT2D eigenvalue weighted by Crippen LogP contribution is 2.34. The third-order valence-corrected chi connectivity index (χ3v) is 3.07. The molecule has 0 radical (unpaired) electrons. The molecule has 2 atom stereocenters. The van der Waals surface area contributed by atoms with Crippen LogP contribution in [0.2, 0.25) is 0 Å². The van der Waals surface area contributed by atoms with Crippen molar-refractivity contribution in [3.63, 3.8) is 0 Å². The summed E-state index contributed by atoms with van der Waals surface area (Å²) in [6.45, 7) is 3.24. The zero-order chi connectivity index (χ0) is 9.31. The van der Waals surface area contributed by atoms with Crippen LogP contribution < -0.4 is 5.32 Å². The number of hydrogen-bond acceptors (Lipinski definition) is 3. The smallest absolute Gasteiger partial charge is 0.111 e. The molecule has 2 N–H and O–H groups in total. The fourth-order valence-electron chi connectivity index (χ4n) is 2.07. The maximum atomic E-state index is 9.20. The summed E-state index contributed by atoms with van der Waals surface area (Å²) < 4.78 is 5.40. The minimum atomic E-state index is -0.0434. The fourth-order valence-corrected chi connectivity index (χ4v) is 2.07. The van der Waals surface area contributed by atoms with Crippen LogP contribution in [0, 0.1) is 0 Å². The lowest BCUT2D eigenvalue weighted by molar-refractivity contribution is 0.200. The molecule has 1 saturated heterocycles. The van der Waals surface area contributed by atoms with Crippen molar-refractivity contribution in [2.24, 2.45) is 0 Å². The fraction of sp³-hybridized carbons (Fsp3) is 0.600. The molecule has 1 aromatic heterocycles. The number of nitrogens with one attached hydrogen (secondary N) is 1. The first-order chi connectivity index (χ1) is 6.27. The molecule has 1 fully saturated rings. The van der Waals surface area contributed by atoms with E-state index in [9.17, 15) is 5.11 Å². The monoisotopic (exact) mass is 181 g/mol. The first-order valence-electron chi connectivity index (χ1n) is 4.65. The summed E-state index contributed by atoms with van der Waals surface area (Å²) in [5.41, 5.74) is -0.0434. The van der Waals surface area contributed by atoms with Crippen molar-refractivity contribution in [1.82, 2.24) is 5.32 Å². The predicted molar refractivity (Wildman–Crippen MR) is 49.6 cm³/mol. The maximum absolute atomic E-state index is 9.20. The van der Waals surface area contributed by atoms with Gasteiger partial charge in [0, 0.05) is 11.5 Å². The van der Waals surface area contributed by atoms with E-state index in [0.717, 1.165) is 18.7 Å². The lowest BCUT2D eigenvalue weighted by Crippen LogP contribution is -2.40. The van der Waals surface area contributed by atoms with Gasteiger partial charge in [0.05, 0.1) is 12.9 Å². The van der Waals surface area contributed by atoms with Crippen molar-refractivity contribution < 1.29 is 9.52 Å². The molecule has 1 aliphatic heterocycles. The van der Waals surface area contributed by atoms with Crippen molar-refractivity contribution in [3.8, 4) is 0 Å². The standard InChI is InChI=1S/C10H15NO2/c1-10(9-3-2-6-13-9)4-5-11-8(10)7-12/h2-3,6,8,11-12H,4-5,7H2,1H3. The van der Waals surface area contributed by atoms with E-state index >= 15 is 0 Å². The van der Waals surface area contributed by atoms with Crippen molar-refractivity contribution in [2.45, 2.75) is 24.8 Å². The third kappa shape index (κ3) is 1.28. The first-order valence-corrected chi connectivity index (χ1v) is 4.65. The van der Waals surface area contributed by atoms with Crippen LogP contribution in [0.1, 0.15) is 19.1 Å². The summed E-state index contributed by atoms with van der Waals surface area (Å²) in [4.78, 5) is 0. The predicted octanol–water partition coefficient (Wildman–Crippen LogP) is 0.891. The van der Waals surface area contributed by atoms with E-state index in [0.29, 0.717) is 0 Å². The second-order valence-corrected chi connectivity index (χ2v) is 3.83. The maximum Gasteiger partial charge on any atom is 0.111 e. The van der Waals surface area contributed by atoms with E-state index < -0.39 is 0 Å². The van der Waals surface area contributed by atoms with Gasteiger partial charge in [0.2, 0.25) is 0 Å². The van der Waals surface area contributed by atoms with Gasteiger partial charge in [-0.3, -0.25) is 0 Å². The van der Waals surface area contributed by atoms with Crippen molar-refractivity contribution in [1.29, 1.82) is 0 Å². The highest BCUT2D eigenvalue weighted by molar-refractivity contribution is 5.19. The van der Waals surface area contributed by atoms with Crippen LogP contribution in [0.3, 0.4) is 0 Å². The van der Waals surface area contributed by atoms with Crippen LogP contribution in [0.5, 0.6) is 0 Å². The number of hydrogen-bond donors (Lipinski definition) is 2. The number of rotatable bonds is 2. The summed E-state index contributed by atoms with van der Waals surface area (Å²) in [7, 11) is 0. The van der Waals surface area contributed by atoms with E-state index in [1.165, 1.54) is 0 Å². The highest BCUT2D eigenvalue weighted by atomic mass is 16.3. The van der Waals surface area contributed by atoms with Crippen LogP contribution in [0.4, 0.5) is 0 Å². The Kier molecular flexibility index (Phi) is 2.14. The molecule has 0 bridgehead atoms. The zero-order valence-electron chi connectivity index (χ0n) is 7.79. The molecule has 2 unspecified atom stereocenters. The Hall–Kier alpha value is -0.800. The van der Waals surface area contributed by atoms with Gasteiger partial charge in [-0.2, -0.15) is 0 Å². The Morgan fingerprint density at radius 3 is 3.23 bits per heavy atom. The van der Waals surface area contributed by atoms with Gasteiger partial charge in [0.15, 0.2) is 0 Å². The van der Waals surface area contributed by atoms with Crippen molar-refractivity contribution in [3.05, 3.63) is 24.2 Å². The van der Waals surface area contributed by atoms with Crippen LogP contribution in [-0.4, -0.2) is 24.3 Å². The third-order valence-electron chi connectivity index (χ3n) is 3.07. The van der Waals surface area contributed by atoms with Gasteiger partial charge in [-0.1, -0.05) is 6.92 Å². The minimum Gasteiger partial charge on any atom is -0.469 e. The van der Waals surface area contributed by atoms with E-state index in [1.807, 2.05) is 12.1 Å². The number of aliphatic hydroxyl groups is 1. The normalized spacial score (nSPS) is 33.8. The van der Waals surface area contributed by atoms with Gasteiger partial charge in [-0.25, -0.2) is 0 Å². The average Bonchev–Trinajstić information content (AvgIpc) is 2.72. The number of furan rings is 1. The Bertz CT molecular complexity index is 270. The molecule has 0 amide bonds. The highest BCUT2D eigenvalue weighted by Gasteiger charge is 2.41. The van der Waals surface area contributed by atoms with Crippen molar-refractivity contribution in [2.75, 3.05) is 13.2 Å². The Balaban J connectivity index is 2.29. The molecule has 0 saturated carbocycles. The lowest BCUT2D eigenvalue weighted by atomic mass is 9.80. The van der Waals surface area contributed by atoms with Gasteiger partial charge in [0.25, 0.3) is 0 Å².